The Bertz CT molecular complexity index is 506. The van der Waals surface area contributed by atoms with Gasteiger partial charge in [-0.2, -0.15) is 10.2 Å². The minimum absolute atomic E-state index is 0.0869. The maximum absolute atomic E-state index is 11.9. The van der Waals surface area contributed by atoms with Crippen LogP contribution in [0.2, 0.25) is 0 Å². The highest BCUT2D eigenvalue weighted by Gasteiger charge is 2.37. The first-order valence-electron chi connectivity index (χ1n) is 5.86. The van der Waals surface area contributed by atoms with Crippen molar-refractivity contribution in [3.8, 4) is 0 Å². The average molecular weight is 244 g/mol. The second kappa shape index (κ2) is 5.12. The van der Waals surface area contributed by atoms with Gasteiger partial charge in [-0.1, -0.05) is 30.3 Å². The fourth-order valence-corrected chi connectivity index (χ4v) is 2.29. The molecule has 1 aliphatic heterocycles. The molecule has 4 heteroatoms. The Balaban J connectivity index is 2.45. The molecule has 0 radical (unpaired) electrons. The molecule has 4 nitrogen and oxygen atoms in total. The van der Waals surface area contributed by atoms with E-state index in [0.29, 0.717) is 5.71 Å². The van der Waals surface area contributed by atoms with Crippen LogP contribution >= 0.6 is 0 Å². The highest BCUT2D eigenvalue weighted by molar-refractivity contribution is 6.09. The smallest absolute Gasteiger partial charge is 0.315 e. The molecule has 0 aliphatic carbocycles. The molecule has 0 fully saturated rings. The van der Waals surface area contributed by atoms with Gasteiger partial charge >= 0.3 is 5.97 Å². The van der Waals surface area contributed by atoms with Crippen LogP contribution in [0.25, 0.3) is 0 Å². The lowest BCUT2D eigenvalue weighted by Crippen LogP contribution is -2.35. The number of carbonyl (C=O) groups is 1. The van der Waals surface area contributed by atoms with Gasteiger partial charge in [0.05, 0.1) is 12.8 Å². The van der Waals surface area contributed by atoms with E-state index in [-0.39, 0.29) is 17.8 Å². The van der Waals surface area contributed by atoms with Crippen LogP contribution in [0.3, 0.4) is 0 Å². The van der Waals surface area contributed by atoms with Gasteiger partial charge in [0, 0.05) is 11.6 Å². The van der Waals surface area contributed by atoms with E-state index in [9.17, 15) is 4.79 Å². The summed E-state index contributed by atoms with van der Waals surface area (Å²) >= 11 is 0. The lowest BCUT2D eigenvalue weighted by Gasteiger charge is -2.27. The number of hydrogen-bond donors (Lipinski definition) is 0. The highest BCUT2D eigenvalue weighted by atomic mass is 16.5. The van der Waals surface area contributed by atoms with Gasteiger partial charge in [0.1, 0.15) is 5.92 Å². The summed E-state index contributed by atoms with van der Waals surface area (Å²) in [4.78, 5) is 11.9. The van der Waals surface area contributed by atoms with Crippen molar-refractivity contribution < 1.29 is 9.53 Å². The summed E-state index contributed by atoms with van der Waals surface area (Å²) in [5, 5.41) is 8.17. The van der Waals surface area contributed by atoms with Gasteiger partial charge in [-0.05, 0) is 19.4 Å². The van der Waals surface area contributed by atoms with E-state index in [1.165, 1.54) is 7.11 Å². The zero-order valence-electron chi connectivity index (χ0n) is 10.8. The fraction of sp³-hybridized carbons (Fsp3) is 0.357. The largest absolute Gasteiger partial charge is 0.468 e. The molecule has 1 aromatic rings. The van der Waals surface area contributed by atoms with Crippen LogP contribution < -0.4 is 0 Å². The number of hydrogen-bond acceptors (Lipinski definition) is 4. The molecule has 2 unspecified atom stereocenters. The molecule has 0 saturated heterocycles. The van der Waals surface area contributed by atoms with Gasteiger partial charge in [-0.15, -0.1) is 0 Å². The molecule has 0 N–H and O–H groups in total. The van der Waals surface area contributed by atoms with Gasteiger partial charge < -0.3 is 4.74 Å². The summed E-state index contributed by atoms with van der Waals surface area (Å²) in [6, 6.07) is 9.86. The Hall–Kier alpha value is -1.97. The molecule has 1 aliphatic rings. The van der Waals surface area contributed by atoms with Crippen molar-refractivity contribution in [2.45, 2.75) is 19.8 Å². The van der Waals surface area contributed by atoms with Crippen LogP contribution in [0.5, 0.6) is 0 Å². The Labute approximate surface area is 106 Å². The molecule has 1 heterocycles. The Morgan fingerprint density at radius 1 is 1.11 bits per heavy atom. The van der Waals surface area contributed by atoms with Crippen molar-refractivity contribution in [1.82, 2.24) is 0 Å². The molecule has 2 atom stereocenters. The molecule has 0 aromatic heterocycles. The first kappa shape index (κ1) is 12.5. The summed E-state index contributed by atoms with van der Waals surface area (Å²) in [6.07, 6.45) is 0. The van der Waals surface area contributed by atoms with E-state index in [1.54, 1.807) is 0 Å². The molecule has 94 valence electrons. The summed E-state index contributed by atoms with van der Waals surface area (Å²) in [6.45, 7) is 3.71. The number of methoxy groups -OCH3 is 1. The molecular weight excluding hydrogens is 228 g/mol. The van der Waals surface area contributed by atoms with Crippen molar-refractivity contribution in [2.75, 3.05) is 7.11 Å². The lowest BCUT2D eigenvalue weighted by molar-refractivity contribution is -0.143. The average Bonchev–Trinajstić information content (AvgIpc) is 2.41. The highest BCUT2D eigenvalue weighted by Crippen LogP contribution is 2.31. The molecule has 0 spiro atoms. The van der Waals surface area contributed by atoms with Crippen LogP contribution in [0.4, 0.5) is 0 Å². The Kier molecular flexibility index (Phi) is 3.55. The van der Waals surface area contributed by atoms with Crippen molar-refractivity contribution in [3.63, 3.8) is 0 Å². The second-order valence-electron chi connectivity index (χ2n) is 4.37. The van der Waals surface area contributed by atoms with Crippen molar-refractivity contribution in [3.05, 3.63) is 35.9 Å². The third-order valence-corrected chi connectivity index (χ3v) is 3.21. The first-order valence-corrected chi connectivity index (χ1v) is 5.86. The zero-order valence-corrected chi connectivity index (χ0v) is 10.8. The fourth-order valence-electron chi connectivity index (χ4n) is 2.29. The number of nitrogens with zero attached hydrogens (tertiary/aromatic N) is 2. The maximum Gasteiger partial charge on any atom is 0.315 e. The Morgan fingerprint density at radius 2 is 1.72 bits per heavy atom. The van der Waals surface area contributed by atoms with E-state index in [4.69, 9.17) is 4.74 Å². The molecule has 1 aromatic carbocycles. The van der Waals surface area contributed by atoms with Crippen LogP contribution in [0, 0.1) is 5.92 Å². The molecule has 2 rings (SSSR count). The molecular formula is C14H16N2O2. The van der Waals surface area contributed by atoms with Gasteiger partial charge in [-0.3, -0.25) is 4.79 Å². The maximum atomic E-state index is 11.9. The normalized spacial score (nSPS) is 23.1. The number of carbonyl (C=O) groups excluding carboxylic acids is 1. The summed E-state index contributed by atoms with van der Waals surface area (Å²) < 4.78 is 4.89. The zero-order chi connectivity index (χ0) is 13.1. The third-order valence-electron chi connectivity index (χ3n) is 3.21. The summed E-state index contributed by atoms with van der Waals surface area (Å²) in [7, 11) is 1.40. The molecule has 18 heavy (non-hydrogen) atoms. The van der Waals surface area contributed by atoms with Crippen molar-refractivity contribution >= 4 is 17.4 Å². The van der Waals surface area contributed by atoms with Gasteiger partial charge in [-0.25, -0.2) is 0 Å². The van der Waals surface area contributed by atoms with Crippen LogP contribution in [-0.2, 0) is 9.53 Å². The monoisotopic (exact) mass is 244 g/mol. The van der Waals surface area contributed by atoms with Gasteiger partial charge in [0.25, 0.3) is 0 Å². The second-order valence-corrected chi connectivity index (χ2v) is 4.37. The number of rotatable bonds is 2. The van der Waals surface area contributed by atoms with Crippen molar-refractivity contribution in [1.29, 1.82) is 0 Å². The minimum atomic E-state index is -0.380. The molecule has 0 saturated carbocycles. The number of ether oxygens (including phenoxy) is 1. The first-order chi connectivity index (χ1) is 8.65. The van der Waals surface area contributed by atoms with Crippen LogP contribution in [-0.4, -0.2) is 24.5 Å². The SMILES string of the molecule is COC(=O)C1C(C)=NN=C(C)C1c1ccccc1. The standard InChI is InChI=1S/C14H16N2O2/c1-9-12(11-7-5-4-6-8-11)13(14(17)18-3)10(2)16-15-9/h4-8,12-13H,1-3H3. The van der Waals surface area contributed by atoms with Crippen LogP contribution in [0.1, 0.15) is 25.3 Å². The van der Waals surface area contributed by atoms with Crippen molar-refractivity contribution in [2.24, 2.45) is 16.1 Å². The van der Waals surface area contributed by atoms with Gasteiger partial charge in [0.15, 0.2) is 0 Å². The topological polar surface area (TPSA) is 51.0 Å². The Morgan fingerprint density at radius 3 is 2.33 bits per heavy atom. The van der Waals surface area contributed by atoms with E-state index in [0.717, 1.165) is 11.3 Å². The summed E-state index contributed by atoms with van der Waals surface area (Å²) in [5.41, 5.74) is 2.59. The quantitative estimate of drug-likeness (QED) is 0.750. The van der Waals surface area contributed by atoms with E-state index >= 15 is 0 Å². The minimum Gasteiger partial charge on any atom is -0.468 e. The number of benzene rings is 1. The van der Waals surface area contributed by atoms with E-state index in [1.807, 2.05) is 44.2 Å². The van der Waals surface area contributed by atoms with Crippen LogP contribution in [0.15, 0.2) is 40.5 Å². The van der Waals surface area contributed by atoms with E-state index in [2.05, 4.69) is 10.2 Å². The number of esters is 1. The third kappa shape index (κ3) is 2.18. The predicted molar refractivity (Wildman–Crippen MR) is 70.9 cm³/mol. The molecule has 0 amide bonds. The summed E-state index contributed by atoms with van der Waals surface area (Å²) in [5.74, 6) is -0.731. The van der Waals surface area contributed by atoms with Gasteiger partial charge in [0.2, 0.25) is 0 Å². The van der Waals surface area contributed by atoms with E-state index < -0.39 is 0 Å². The predicted octanol–water partition coefficient (Wildman–Crippen LogP) is 2.41. The molecule has 0 bridgehead atoms. The lowest BCUT2D eigenvalue weighted by atomic mass is 9.80.